The van der Waals surface area contributed by atoms with Gasteiger partial charge in [-0.3, -0.25) is 16.0 Å². The predicted molar refractivity (Wildman–Crippen MR) is 85.8 cm³/mol. The Morgan fingerprint density at radius 2 is 2.45 bits per heavy atom. The molecule has 6 heteroatoms. The van der Waals surface area contributed by atoms with Crippen LogP contribution < -0.4 is 11.3 Å². The SMILES string of the molecule is Cn1nccc1CCC(NN)c1cc2c(s1)CCSC2. The summed E-state index contributed by atoms with van der Waals surface area (Å²) in [6, 6.07) is 4.66. The predicted octanol–water partition coefficient (Wildman–Crippen LogP) is 2.41. The summed E-state index contributed by atoms with van der Waals surface area (Å²) in [5.41, 5.74) is 5.75. The number of rotatable bonds is 5. The number of aromatic nitrogens is 2. The van der Waals surface area contributed by atoms with Gasteiger partial charge in [0.1, 0.15) is 0 Å². The number of aryl methyl sites for hydroxylation is 3. The second-order valence-electron chi connectivity index (χ2n) is 5.10. The topological polar surface area (TPSA) is 55.9 Å². The first-order valence-corrected chi connectivity index (χ1v) is 8.87. The smallest absolute Gasteiger partial charge is 0.0557 e. The molecular formula is C14H20N4S2. The van der Waals surface area contributed by atoms with E-state index in [-0.39, 0.29) is 6.04 Å². The summed E-state index contributed by atoms with van der Waals surface area (Å²) in [5, 5.41) is 4.21. The molecule has 1 aliphatic heterocycles. The van der Waals surface area contributed by atoms with Crippen LogP contribution in [-0.4, -0.2) is 15.5 Å². The zero-order valence-corrected chi connectivity index (χ0v) is 13.3. The Morgan fingerprint density at radius 3 is 3.15 bits per heavy atom. The van der Waals surface area contributed by atoms with E-state index in [1.165, 1.54) is 28.3 Å². The molecule has 0 saturated carbocycles. The Kier molecular flexibility index (Phi) is 4.45. The van der Waals surface area contributed by atoms with Crippen molar-refractivity contribution in [2.75, 3.05) is 5.75 Å². The Morgan fingerprint density at radius 1 is 1.55 bits per heavy atom. The lowest BCUT2D eigenvalue weighted by atomic mass is 10.1. The molecule has 0 radical (unpaired) electrons. The summed E-state index contributed by atoms with van der Waals surface area (Å²) in [4.78, 5) is 2.93. The number of nitrogens with one attached hydrogen (secondary N) is 1. The van der Waals surface area contributed by atoms with Crippen molar-refractivity contribution in [1.29, 1.82) is 0 Å². The van der Waals surface area contributed by atoms with E-state index in [1.54, 1.807) is 4.88 Å². The minimum Gasteiger partial charge on any atom is -0.273 e. The molecule has 0 aromatic carbocycles. The van der Waals surface area contributed by atoms with Crippen molar-refractivity contribution >= 4 is 23.1 Å². The molecule has 3 heterocycles. The Balaban J connectivity index is 1.70. The van der Waals surface area contributed by atoms with Gasteiger partial charge in [0.05, 0.1) is 6.04 Å². The van der Waals surface area contributed by atoms with E-state index < -0.39 is 0 Å². The highest BCUT2D eigenvalue weighted by atomic mass is 32.2. The van der Waals surface area contributed by atoms with E-state index in [0.29, 0.717) is 0 Å². The molecule has 1 aliphatic rings. The minimum absolute atomic E-state index is 0.241. The van der Waals surface area contributed by atoms with E-state index in [1.807, 2.05) is 41.0 Å². The summed E-state index contributed by atoms with van der Waals surface area (Å²) >= 11 is 3.96. The number of hydrogen-bond acceptors (Lipinski definition) is 5. The van der Waals surface area contributed by atoms with Crippen LogP contribution in [0.1, 0.15) is 33.5 Å². The average molecular weight is 308 g/mol. The van der Waals surface area contributed by atoms with Crippen molar-refractivity contribution in [3.05, 3.63) is 39.3 Å². The summed E-state index contributed by atoms with van der Waals surface area (Å²) in [7, 11) is 1.99. The Bertz CT molecular complexity index is 552. The minimum atomic E-state index is 0.241. The van der Waals surface area contributed by atoms with Crippen molar-refractivity contribution in [3.8, 4) is 0 Å². The molecule has 0 aliphatic carbocycles. The van der Waals surface area contributed by atoms with E-state index in [9.17, 15) is 0 Å². The highest BCUT2D eigenvalue weighted by Crippen LogP contribution is 2.35. The largest absolute Gasteiger partial charge is 0.273 e. The fourth-order valence-electron chi connectivity index (χ4n) is 2.59. The summed E-state index contributed by atoms with van der Waals surface area (Å²) in [6.45, 7) is 0. The fourth-order valence-corrected chi connectivity index (χ4v) is 5.06. The lowest BCUT2D eigenvalue weighted by Gasteiger charge is -2.14. The van der Waals surface area contributed by atoms with Crippen molar-refractivity contribution in [2.45, 2.75) is 31.1 Å². The van der Waals surface area contributed by atoms with Crippen LogP contribution in [0.25, 0.3) is 0 Å². The number of nitrogens with two attached hydrogens (primary N) is 1. The first kappa shape index (κ1) is 14.1. The summed E-state index contributed by atoms with van der Waals surface area (Å²) in [5.74, 6) is 8.18. The van der Waals surface area contributed by atoms with E-state index in [4.69, 9.17) is 5.84 Å². The first-order valence-electron chi connectivity index (χ1n) is 6.90. The third-order valence-corrected chi connectivity index (χ3v) is 6.16. The molecule has 1 unspecified atom stereocenters. The van der Waals surface area contributed by atoms with Crippen LogP contribution in [0.4, 0.5) is 0 Å². The van der Waals surface area contributed by atoms with Gasteiger partial charge in [-0.05, 0) is 42.7 Å². The zero-order valence-electron chi connectivity index (χ0n) is 11.6. The van der Waals surface area contributed by atoms with Gasteiger partial charge in [0.15, 0.2) is 0 Å². The normalized spacial score (nSPS) is 16.1. The molecule has 3 rings (SSSR count). The molecule has 20 heavy (non-hydrogen) atoms. The molecular weight excluding hydrogens is 288 g/mol. The number of hydrogen-bond donors (Lipinski definition) is 2. The van der Waals surface area contributed by atoms with Gasteiger partial charge in [0.2, 0.25) is 0 Å². The maximum atomic E-state index is 5.77. The fraction of sp³-hybridized carbons (Fsp3) is 0.500. The molecule has 0 amide bonds. The molecule has 1 atom stereocenters. The standard InChI is InChI=1S/C14H20N4S2/c1-18-11(4-6-16-18)2-3-12(17-15)14-8-10-9-19-7-5-13(10)20-14/h4,6,8,12,17H,2-3,5,7,9,15H2,1H3. The second kappa shape index (κ2) is 6.30. The quantitative estimate of drug-likeness (QED) is 0.658. The van der Waals surface area contributed by atoms with Crippen LogP contribution in [0.2, 0.25) is 0 Å². The molecule has 0 bridgehead atoms. The van der Waals surface area contributed by atoms with Crippen LogP contribution in [-0.2, 0) is 25.6 Å². The Labute approximate surface area is 127 Å². The van der Waals surface area contributed by atoms with Gasteiger partial charge in [-0.15, -0.1) is 11.3 Å². The summed E-state index contributed by atoms with van der Waals surface area (Å²) < 4.78 is 1.93. The Hall–Kier alpha value is -0.820. The number of thiophene rings is 1. The molecule has 0 spiro atoms. The number of hydrazine groups is 1. The molecule has 4 nitrogen and oxygen atoms in total. The van der Waals surface area contributed by atoms with Crippen molar-refractivity contribution in [1.82, 2.24) is 15.2 Å². The van der Waals surface area contributed by atoms with Crippen LogP contribution in [0.15, 0.2) is 18.3 Å². The maximum Gasteiger partial charge on any atom is 0.0557 e. The van der Waals surface area contributed by atoms with Crippen LogP contribution >= 0.6 is 23.1 Å². The summed E-state index contributed by atoms with van der Waals surface area (Å²) in [6.07, 6.45) is 5.05. The number of fused-ring (bicyclic) bond motifs is 1. The maximum absolute atomic E-state index is 5.77. The highest BCUT2D eigenvalue weighted by molar-refractivity contribution is 7.98. The van der Waals surface area contributed by atoms with E-state index in [0.717, 1.165) is 18.6 Å². The molecule has 2 aromatic rings. The van der Waals surface area contributed by atoms with Gasteiger partial charge >= 0.3 is 0 Å². The lowest BCUT2D eigenvalue weighted by molar-refractivity contribution is 0.513. The zero-order chi connectivity index (χ0) is 13.9. The van der Waals surface area contributed by atoms with Crippen molar-refractivity contribution < 1.29 is 0 Å². The van der Waals surface area contributed by atoms with Gasteiger partial charge < -0.3 is 0 Å². The van der Waals surface area contributed by atoms with Crippen LogP contribution in [0, 0.1) is 0 Å². The molecule has 2 aromatic heterocycles. The van der Waals surface area contributed by atoms with Crippen molar-refractivity contribution in [2.24, 2.45) is 12.9 Å². The highest BCUT2D eigenvalue weighted by Gasteiger charge is 2.19. The third kappa shape index (κ3) is 2.93. The van der Waals surface area contributed by atoms with Crippen molar-refractivity contribution in [3.63, 3.8) is 0 Å². The number of thioether (sulfide) groups is 1. The molecule has 108 valence electrons. The van der Waals surface area contributed by atoms with Gasteiger partial charge in [-0.2, -0.15) is 16.9 Å². The average Bonchev–Trinajstić information content (AvgIpc) is 3.06. The van der Waals surface area contributed by atoms with Crippen LogP contribution in [0.3, 0.4) is 0 Å². The third-order valence-electron chi connectivity index (χ3n) is 3.80. The van der Waals surface area contributed by atoms with Gasteiger partial charge in [-0.25, -0.2) is 0 Å². The van der Waals surface area contributed by atoms with E-state index >= 15 is 0 Å². The van der Waals surface area contributed by atoms with Crippen LogP contribution in [0.5, 0.6) is 0 Å². The van der Waals surface area contributed by atoms with E-state index in [2.05, 4.69) is 22.7 Å². The molecule has 3 N–H and O–H groups in total. The number of nitrogens with zero attached hydrogens (tertiary/aromatic N) is 2. The monoisotopic (exact) mass is 308 g/mol. The first-order chi connectivity index (χ1) is 9.78. The second-order valence-corrected chi connectivity index (χ2v) is 7.38. The molecule has 0 saturated heterocycles. The molecule has 0 fully saturated rings. The van der Waals surface area contributed by atoms with Gasteiger partial charge in [0, 0.05) is 34.4 Å². The lowest BCUT2D eigenvalue weighted by Crippen LogP contribution is -2.28. The van der Waals surface area contributed by atoms with Gasteiger partial charge in [0.25, 0.3) is 0 Å². The van der Waals surface area contributed by atoms with Gasteiger partial charge in [-0.1, -0.05) is 0 Å².